The standard InChI is InChI=1S/C16H13F3N4O3/c17-16(18,19)15-21-20-12(26-15)8-22-6-10-11(7-22)14(25)23(13(10)24)9-4-2-1-3-5-9/h1-5,10-11H,6-8H2. The zero-order valence-corrected chi connectivity index (χ0v) is 13.3. The van der Waals surface area contributed by atoms with Gasteiger partial charge in [0, 0.05) is 13.1 Å². The van der Waals surface area contributed by atoms with Crippen molar-refractivity contribution in [3.63, 3.8) is 0 Å². The summed E-state index contributed by atoms with van der Waals surface area (Å²) in [6, 6.07) is 8.64. The van der Waals surface area contributed by atoms with Gasteiger partial charge >= 0.3 is 12.1 Å². The Hall–Kier alpha value is -2.75. The van der Waals surface area contributed by atoms with Gasteiger partial charge in [-0.3, -0.25) is 14.5 Å². The van der Waals surface area contributed by atoms with Crippen LogP contribution < -0.4 is 4.90 Å². The first kappa shape index (κ1) is 16.7. The number of carbonyl (C=O) groups is 2. The number of likely N-dealkylation sites (tertiary alicyclic amines) is 1. The maximum atomic E-state index is 12.6. The van der Waals surface area contributed by atoms with Gasteiger partial charge in [-0.05, 0) is 12.1 Å². The van der Waals surface area contributed by atoms with Gasteiger partial charge in [0.15, 0.2) is 0 Å². The quantitative estimate of drug-likeness (QED) is 0.770. The second-order valence-electron chi connectivity index (χ2n) is 6.25. The van der Waals surface area contributed by atoms with E-state index < -0.39 is 23.9 Å². The lowest BCUT2D eigenvalue weighted by molar-refractivity contribution is -0.157. The summed E-state index contributed by atoms with van der Waals surface area (Å²) in [6.45, 7) is 0.465. The lowest BCUT2D eigenvalue weighted by Gasteiger charge is -2.19. The van der Waals surface area contributed by atoms with Gasteiger partial charge in [0.1, 0.15) is 0 Å². The molecule has 2 aliphatic rings. The summed E-state index contributed by atoms with van der Waals surface area (Å²) >= 11 is 0. The van der Waals surface area contributed by atoms with Crippen molar-refractivity contribution in [1.29, 1.82) is 0 Å². The van der Waals surface area contributed by atoms with Crippen molar-refractivity contribution in [3.05, 3.63) is 42.1 Å². The molecule has 136 valence electrons. The number of para-hydroxylation sites is 1. The zero-order chi connectivity index (χ0) is 18.5. The number of hydrogen-bond acceptors (Lipinski definition) is 6. The van der Waals surface area contributed by atoms with E-state index in [9.17, 15) is 22.8 Å². The fourth-order valence-electron chi connectivity index (χ4n) is 3.41. The highest BCUT2D eigenvalue weighted by atomic mass is 19.4. The molecule has 2 aliphatic heterocycles. The predicted octanol–water partition coefficient (Wildman–Crippen LogP) is 1.71. The minimum absolute atomic E-state index is 0.0397. The van der Waals surface area contributed by atoms with Crippen LogP contribution in [0.25, 0.3) is 0 Å². The molecular formula is C16H13F3N4O3. The lowest BCUT2D eigenvalue weighted by Crippen LogP contribution is -2.35. The lowest BCUT2D eigenvalue weighted by atomic mass is 10.00. The molecule has 0 bridgehead atoms. The van der Waals surface area contributed by atoms with E-state index in [2.05, 4.69) is 14.6 Å². The van der Waals surface area contributed by atoms with Gasteiger partial charge in [-0.25, -0.2) is 4.90 Å². The molecule has 2 unspecified atom stereocenters. The van der Waals surface area contributed by atoms with Crippen LogP contribution in [0.2, 0.25) is 0 Å². The van der Waals surface area contributed by atoms with E-state index in [1.807, 2.05) is 0 Å². The minimum Gasteiger partial charge on any atom is -0.416 e. The smallest absolute Gasteiger partial charge is 0.416 e. The molecule has 0 saturated carbocycles. The van der Waals surface area contributed by atoms with Gasteiger partial charge in [0.2, 0.25) is 17.7 Å². The van der Waals surface area contributed by atoms with Crippen LogP contribution in [0, 0.1) is 11.8 Å². The fourth-order valence-corrected chi connectivity index (χ4v) is 3.41. The molecule has 2 amide bonds. The molecule has 0 aliphatic carbocycles. The molecule has 0 radical (unpaired) electrons. The monoisotopic (exact) mass is 366 g/mol. The number of benzene rings is 1. The number of alkyl halides is 3. The van der Waals surface area contributed by atoms with Crippen LogP contribution in [0.4, 0.5) is 18.9 Å². The van der Waals surface area contributed by atoms with E-state index in [1.54, 1.807) is 35.2 Å². The molecule has 1 aromatic heterocycles. The molecule has 2 atom stereocenters. The Bertz CT molecular complexity index is 828. The van der Waals surface area contributed by atoms with Gasteiger partial charge in [-0.15, -0.1) is 10.2 Å². The Morgan fingerprint density at radius 1 is 1.04 bits per heavy atom. The summed E-state index contributed by atoms with van der Waals surface area (Å²) in [5, 5.41) is 6.35. The molecule has 2 fully saturated rings. The third-order valence-electron chi connectivity index (χ3n) is 4.55. The summed E-state index contributed by atoms with van der Waals surface area (Å²) in [6.07, 6.45) is -4.70. The fraction of sp³-hybridized carbons (Fsp3) is 0.375. The first-order valence-corrected chi connectivity index (χ1v) is 7.89. The average Bonchev–Trinajstić information content (AvgIpc) is 3.27. The maximum absolute atomic E-state index is 12.6. The molecule has 4 rings (SSSR count). The number of halogens is 3. The van der Waals surface area contributed by atoms with Gasteiger partial charge < -0.3 is 4.42 Å². The predicted molar refractivity (Wildman–Crippen MR) is 80.5 cm³/mol. The number of carbonyl (C=O) groups excluding carboxylic acids is 2. The van der Waals surface area contributed by atoms with Crippen LogP contribution in [-0.2, 0) is 22.3 Å². The first-order chi connectivity index (χ1) is 12.3. The Balaban J connectivity index is 1.46. The van der Waals surface area contributed by atoms with Gasteiger partial charge in [-0.1, -0.05) is 18.2 Å². The third kappa shape index (κ3) is 2.75. The molecule has 0 N–H and O–H groups in total. The molecule has 2 saturated heterocycles. The Morgan fingerprint density at radius 3 is 2.19 bits per heavy atom. The van der Waals surface area contributed by atoms with Gasteiger partial charge in [-0.2, -0.15) is 13.2 Å². The molecular weight excluding hydrogens is 353 g/mol. The highest BCUT2D eigenvalue weighted by Crippen LogP contribution is 2.37. The molecule has 26 heavy (non-hydrogen) atoms. The molecule has 1 aromatic carbocycles. The zero-order valence-electron chi connectivity index (χ0n) is 13.3. The molecule has 3 heterocycles. The number of nitrogens with zero attached hydrogens (tertiary/aromatic N) is 4. The average molecular weight is 366 g/mol. The summed E-state index contributed by atoms with van der Waals surface area (Å²) < 4.78 is 42.1. The van der Waals surface area contributed by atoms with E-state index in [0.717, 1.165) is 0 Å². The van der Waals surface area contributed by atoms with E-state index in [-0.39, 0.29) is 37.3 Å². The van der Waals surface area contributed by atoms with Crippen LogP contribution in [0.5, 0.6) is 0 Å². The topological polar surface area (TPSA) is 79.5 Å². The van der Waals surface area contributed by atoms with Crippen molar-refractivity contribution in [2.24, 2.45) is 11.8 Å². The van der Waals surface area contributed by atoms with Crippen molar-refractivity contribution >= 4 is 17.5 Å². The third-order valence-corrected chi connectivity index (χ3v) is 4.55. The van der Waals surface area contributed by atoms with Crippen molar-refractivity contribution in [1.82, 2.24) is 15.1 Å². The Morgan fingerprint density at radius 2 is 1.65 bits per heavy atom. The number of anilines is 1. The largest absolute Gasteiger partial charge is 0.470 e. The highest BCUT2D eigenvalue weighted by molar-refractivity contribution is 6.22. The minimum atomic E-state index is -4.70. The van der Waals surface area contributed by atoms with Crippen LogP contribution >= 0.6 is 0 Å². The maximum Gasteiger partial charge on any atom is 0.470 e. The van der Waals surface area contributed by atoms with Crippen LogP contribution in [0.1, 0.15) is 11.8 Å². The van der Waals surface area contributed by atoms with E-state index >= 15 is 0 Å². The molecule has 2 aromatic rings. The second-order valence-corrected chi connectivity index (χ2v) is 6.25. The van der Waals surface area contributed by atoms with Crippen molar-refractivity contribution in [2.75, 3.05) is 18.0 Å². The summed E-state index contributed by atoms with van der Waals surface area (Å²) in [5.74, 6) is -3.24. The number of hydrogen-bond donors (Lipinski definition) is 0. The highest BCUT2D eigenvalue weighted by Gasteiger charge is 2.53. The van der Waals surface area contributed by atoms with Crippen LogP contribution in [-0.4, -0.2) is 40.0 Å². The number of aromatic nitrogens is 2. The number of imide groups is 1. The van der Waals surface area contributed by atoms with E-state index in [1.165, 1.54) is 4.90 Å². The van der Waals surface area contributed by atoms with E-state index in [4.69, 9.17) is 0 Å². The van der Waals surface area contributed by atoms with Crippen molar-refractivity contribution in [3.8, 4) is 0 Å². The SMILES string of the molecule is O=C1C2CN(Cc3nnc(C(F)(F)F)o3)CC2C(=O)N1c1ccccc1. The van der Waals surface area contributed by atoms with Gasteiger partial charge in [0.25, 0.3) is 0 Å². The summed E-state index contributed by atoms with van der Waals surface area (Å²) in [5.41, 5.74) is 0.523. The van der Waals surface area contributed by atoms with Crippen molar-refractivity contribution < 1.29 is 27.2 Å². The second kappa shape index (κ2) is 5.90. The molecule has 7 nitrogen and oxygen atoms in total. The number of amides is 2. The normalized spacial score (nSPS) is 23.7. The summed E-state index contributed by atoms with van der Waals surface area (Å²) in [4.78, 5) is 28.1. The summed E-state index contributed by atoms with van der Waals surface area (Å²) in [7, 11) is 0. The van der Waals surface area contributed by atoms with E-state index in [0.29, 0.717) is 5.69 Å². The first-order valence-electron chi connectivity index (χ1n) is 7.89. The van der Waals surface area contributed by atoms with Crippen LogP contribution in [0.3, 0.4) is 0 Å². The van der Waals surface area contributed by atoms with Crippen molar-refractivity contribution in [2.45, 2.75) is 12.7 Å². The number of rotatable bonds is 3. The molecule has 10 heteroatoms. The van der Waals surface area contributed by atoms with Gasteiger partial charge in [0.05, 0.1) is 24.1 Å². The number of fused-ring (bicyclic) bond motifs is 1. The Labute approximate surface area is 145 Å². The van der Waals surface area contributed by atoms with Crippen LogP contribution in [0.15, 0.2) is 34.7 Å². The Kier molecular flexibility index (Phi) is 3.79. The molecule has 0 spiro atoms.